The molecule has 3 saturated heterocycles. The van der Waals surface area contributed by atoms with Gasteiger partial charge in [0.1, 0.15) is 24.2 Å². The highest BCUT2D eigenvalue weighted by atomic mass is 19.1. The van der Waals surface area contributed by atoms with Gasteiger partial charge in [0.05, 0.1) is 12.2 Å². The molecule has 242 valence electrons. The lowest BCUT2D eigenvalue weighted by molar-refractivity contribution is -0.127. The predicted octanol–water partition coefficient (Wildman–Crippen LogP) is 3.88. The summed E-state index contributed by atoms with van der Waals surface area (Å²) in [5, 5.41) is 11.4. The minimum Gasteiger partial charge on any atom is -0.434 e. The highest BCUT2D eigenvalue weighted by Crippen LogP contribution is 2.49. The van der Waals surface area contributed by atoms with Gasteiger partial charge in [-0.2, -0.15) is 0 Å². The summed E-state index contributed by atoms with van der Waals surface area (Å²) in [5.41, 5.74) is 2.53. The van der Waals surface area contributed by atoms with E-state index in [9.17, 15) is 9.18 Å². The van der Waals surface area contributed by atoms with Crippen LogP contribution in [0.4, 0.5) is 10.2 Å². The number of aromatic nitrogens is 5. The summed E-state index contributed by atoms with van der Waals surface area (Å²) < 4.78 is 21.0. The van der Waals surface area contributed by atoms with Crippen molar-refractivity contribution in [1.29, 1.82) is 0 Å². The molecule has 2 saturated carbocycles. The van der Waals surface area contributed by atoms with Crippen molar-refractivity contribution in [2.45, 2.75) is 64.0 Å². The van der Waals surface area contributed by atoms with E-state index in [1.807, 2.05) is 0 Å². The largest absolute Gasteiger partial charge is 0.434 e. The molecule has 1 atom stereocenters. The Balaban J connectivity index is 0.949. The van der Waals surface area contributed by atoms with Gasteiger partial charge < -0.3 is 15.0 Å². The molecule has 2 aromatic heterocycles. The molecular weight excluding hydrogens is 585 g/mol. The molecule has 12 heteroatoms. The van der Waals surface area contributed by atoms with Gasteiger partial charge in [-0.3, -0.25) is 14.6 Å². The number of hydrogen-bond acceptors (Lipinski definition) is 10. The summed E-state index contributed by atoms with van der Waals surface area (Å²) >= 11 is 0. The number of piperazine rings is 1. The molecule has 5 fully saturated rings. The first-order valence-corrected chi connectivity index (χ1v) is 16.8. The lowest BCUT2D eigenvalue weighted by Gasteiger charge is -2.58. The number of ether oxygens (including phenoxy) is 1. The molecule has 5 heterocycles. The van der Waals surface area contributed by atoms with Crippen LogP contribution in [0.15, 0.2) is 37.1 Å². The van der Waals surface area contributed by atoms with Crippen molar-refractivity contribution in [3.8, 4) is 22.8 Å². The number of amides is 1. The van der Waals surface area contributed by atoms with Crippen molar-refractivity contribution < 1.29 is 13.9 Å². The molecule has 1 aromatic carbocycles. The van der Waals surface area contributed by atoms with E-state index in [1.54, 1.807) is 18.6 Å². The highest BCUT2D eigenvalue weighted by Gasteiger charge is 2.53. The Kier molecular flexibility index (Phi) is 7.59. The van der Waals surface area contributed by atoms with Crippen LogP contribution in [0, 0.1) is 23.1 Å². The number of nitrogens with one attached hydrogen (secondary N) is 1. The Morgan fingerprint density at radius 3 is 2.70 bits per heavy atom. The van der Waals surface area contributed by atoms with Gasteiger partial charge in [-0.05, 0) is 62.1 Å². The Bertz CT molecular complexity index is 1600. The topological polar surface area (TPSA) is 113 Å². The zero-order valence-corrected chi connectivity index (χ0v) is 26.6. The first kappa shape index (κ1) is 29.6. The second kappa shape index (κ2) is 11.8. The summed E-state index contributed by atoms with van der Waals surface area (Å²) in [4.78, 5) is 32.7. The summed E-state index contributed by atoms with van der Waals surface area (Å²) in [6, 6.07) is 5.62. The van der Waals surface area contributed by atoms with Crippen LogP contribution in [0.25, 0.3) is 11.1 Å². The minimum atomic E-state index is -0.350. The maximum atomic E-state index is 14.5. The van der Waals surface area contributed by atoms with Crippen molar-refractivity contribution in [3.63, 3.8) is 0 Å². The maximum Gasteiger partial charge on any atom is 0.282 e. The molecule has 2 aliphatic carbocycles. The normalized spacial score (nSPS) is 25.3. The van der Waals surface area contributed by atoms with Crippen molar-refractivity contribution in [1.82, 2.24) is 40.3 Å². The number of anilines is 1. The molecule has 5 aliphatic rings. The van der Waals surface area contributed by atoms with Gasteiger partial charge in [-0.1, -0.05) is 13.8 Å². The first-order valence-electron chi connectivity index (χ1n) is 16.8. The van der Waals surface area contributed by atoms with Crippen molar-refractivity contribution >= 4 is 11.7 Å². The fourth-order valence-corrected chi connectivity index (χ4v) is 8.52. The van der Waals surface area contributed by atoms with Gasteiger partial charge in [0.15, 0.2) is 5.82 Å². The Labute approximate surface area is 269 Å². The summed E-state index contributed by atoms with van der Waals surface area (Å²) in [6.07, 6.45) is 10.3. The Morgan fingerprint density at radius 2 is 1.91 bits per heavy atom. The van der Waals surface area contributed by atoms with Crippen molar-refractivity contribution in [2.24, 2.45) is 17.3 Å². The van der Waals surface area contributed by atoms with Crippen LogP contribution < -0.4 is 15.0 Å². The molecule has 8 rings (SSSR count). The number of nitrogens with zero attached hydrogens (tertiary/aromatic N) is 8. The van der Waals surface area contributed by atoms with E-state index < -0.39 is 0 Å². The molecular formula is C34H42FN9O2. The highest BCUT2D eigenvalue weighted by molar-refractivity contribution is 5.78. The molecule has 1 spiro atoms. The molecule has 0 unspecified atom stereocenters. The van der Waals surface area contributed by atoms with E-state index in [1.165, 1.54) is 31.3 Å². The van der Waals surface area contributed by atoms with Gasteiger partial charge >= 0.3 is 0 Å². The lowest BCUT2D eigenvalue weighted by atomic mass is 9.68. The van der Waals surface area contributed by atoms with E-state index in [0.717, 1.165) is 69.8 Å². The SMILES string of the molecule is CC(C)[C@H](C1CC(N2CCNC(=O)C2)C1)N1CC2(CCN(c3ncnnc3Oc3ccc(F)cc3-c3cncnc3C3CC3)C2)C1. The average molecular weight is 628 g/mol. The number of hydrogen-bond donors (Lipinski definition) is 1. The van der Waals surface area contributed by atoms with E-state index in [-0.39, 0.29) is 17.1 Å². The molecule has 11 nitrogen and oxygen atoms in total. The first-order chi connectivity index (χ1) is 22.4. The van der Waals surface area contributed by atoms with E-state index in [2.05, 4.69) is 59.0 Å². The monoisotopic (exact) mass is 627 g/mol. The van der Waals surface area contributed by atoms with E-state index in [0.29, 0.717) is 59.4 Å². The number of carbonyl (C=O) groups excluding carboxylic acids is 1. The third-order valence-corrected chi connectivity index (χ3v) is 10.9. The van der Waals surface area contributed by atoms with Gasteiger partial charge in [-0.25, -0.2) is 19.3 Å². The summed E-state index contributed by atoms with van der Waals surface area (Å²) in [7, 11) is 0. The third-order valence-electron chi connectivity index (χ3n) is 10.9. The zero-order chi connectivity index (χ0) is 31.4. The van der Waals surface area contributed by atoms with Crippen LogP contribution in [-0.4, -0.2) is 98.8 Å². The van der Waals surface area contributed by atoms with E-state index >= 15 is 0 Å². The molecule has 3 aliphatic heterocycles. The van der Waals surface area contributed by atoms with Crippen LogP contribution in [0.5, 0.6) is 11.6 Å². The summed E-state index contributed by atoms with van der Waals surface area (Å²) in [5.74, 6) is 2.90. The molecule has 46 heavy (non-hydrogen) atoms. The standard InChI is InChI=1S/C34H42FN9O2/c1-21(2)31(23-11-25(12-23)42-10-8-37-29(45)15-42)44-17-34(18-44)7-9-43(16-34)32-33(41-40-20-39-32)46-28-6-5-24(35)13-26(28)27-14-36-19-38-30(27)22-3-4-22/h5-6,13-14,19-23,25,31H,3-4,7-12,15-18H2,1-2H3,(H,37,45)/t23?,25?,31-/m1/s1. The molecule has 0 bridgehead atoms. The second-order valence-corrected chi connectivity index (χ2v) is 14.4. The average Bonchev–Trinajstić information content (AvgIpc) is 3.77. The molecule has 3 aromatic rings. The van der Waals surface area contributed by atoms with Crippen molar-refractivity contribution in [3.05, 3.63) is 48.6 Å². The number of likely N-dealkylation sites (tertiary alicyclic amines) is 1. The van der Waals surface area contributed by atoms with Crippen LogP contribution in [0.2, 0.25) is 0 Å². The van der Waals surface area contributed by atoms with Crippen LogP contribution in [0.3, 0.4) is 0 Å². The molecule has 1 N–H and O–H groups in total. The fraction of sp³-hybridized carbons (Fsp3) is 0.588. The second-order valence-electron chi connectivity index (χ2n) is 14.4. The summed E-state index contributed by atoms with van der Waals surface area (Å²) in [6.45, 7) is 10.9. The van der Waals surface area contributed by atoms with Crippen LogP contribution in [-0.2, 0) is 4.79 Å². The number of carbonyl (C=O) groups is 1. The minimum absolute atomic E-state index is 0.157. The smallest absolute Gasteiger partial charge is 0.282 e. The number of rotatable bonds is 9. The van der Waals surface area contributed by atoms with Gasteiger partial charge in [0.2, 0.25) is 5.91 Å². The lowest BCUT2D eigenvalue weighted by Crippen LogP contribution is -2.66. The van der Waals surface area contributed by atoms with Gasteiger partial charge in [0, 0.05) is 80.0 Å². The van der Waals surface area contributed by atoms with E-state index in [4.69, 9.17) is 4.74 Å². The molecule has 0 radical (unpaired) electrons. The predicted molar refractivity (Wildman–Crippen MR) is 170 cm³/mol. The fourth-order valence-electron chi connectivity index (χ4n) is 8.52. The Hall–Kier alpha value is -3.77. The van der Waals surface area contributed by atoms with Gasteiger partial charge in [-0.15, -0.1) is 10.2 Å². The molecule has 1 amide bonds. The Morgan fingerprint density at radius 1 is 1.07 bits per heavy atom. The van der Waals surface area contributed by atoms with Crippen LogP contribution >= 0.6 is 0 Å². The van der Waals surface area contributed by atoms with Crippen molar-refractivity contribution in [2.75, 3.05) is 50.7 Å². The third kappa shape index (κ3) is 5.59. The maximum absolute atomic E-state index is 14.5. The number of halogens is 1. The van der Waals surface area contributed by atoms with Crippen LogP contribution in [0.1, 0.15) is 57.6 Å². The number of benzene rings is 1. The van der Waals surface area contributed by atoms with Gasteiger partial charge in [0.25, 0.3) is 5.88 Å². The quantitative estimate of drug-likeness (QED) is 0.375. The zero-order valence-electron chi connectivity index (χ0n) is 26.6.